The average Bonchev–Trinajstić information content (AvgIpc) is 3.04. The molecule has 0 atom stereocenters. The second kappa shape index (κ2) is 8.02. The lowest BCUT2D eigenvalue weighted by Gasteiger charge is -2.23. The van der Waals surface area contributed by atoms with Gasteiger partial charge >= 0.3 is 0 Å². The second-order valence-electron chi connectivity index (χ2n) is 8.63. The van der Waals surface area contributed by atoms with Gasteiger partial charge in [-0.25, -0.2) is 14.9 Å². The van der Waals surface area contributed by atoms with Crippen LogP contribution < -0.4 is 14.7 Å². The molecule has 4 aromatic rings. The molecule has 1 aromatic heterocycles. The Morgan fingerprint density at radius 1 is 0.743 bits per heavy atom. The molecule has 0 N–H and O–H groups in total. The van der Waals surface area contributed by atoms with Crippen molar-refractivity contribution in [1.82, 2.24) is 9.97 Å². The highest BCUT2D eigenvalue weighted by Gasteiger charge is 2.36. The molecule has 6 rings (SSSR count). The number of nitrogens with zero attached hydrogens (tertiary/aromatic N) is 5. The largest absolute Gasteiger partial charge is 0.357 e. The zero-order valence-electron chi connectivity index (χ0n) is 19.0. The van der Waals surface area contributed by atoms with Crippen molar-refractivity contribution in [2.24, 2.45) is 0 Å². The fourth-order valence-corrected chi connectivity index (χ4v) is 4.63. The van der Waals surface area contributed by atoms with Crippen LogP contribution >= 0.6 is 0 Å². The number of hydrogen-bond acceptors (Lipinski definition) is 6. The van der Waals surface area contributed by atoms with E-state index in [9.17, 15) is 14.4 Å². The van der Waals surface area contributed by atoms with E-state index in [0.717, 1.165) is 28.9 Å². The Hall–Kier alpha value is -4.59. The summed E-state index contributed by atoms with van der Waals surface area (Å²) >= 11 is 0. The summed E-state index contributed by atoms with van der Waals surface area (Å²) in [5, 5.41) is 0. The maximum atomic E-state index is 13.6. The highest BCUT2D eigenvalue weighted by Crippen LogP contribution is 2.32. The molecule has 8 nitrogen and oxygen atoms in total. The summed E-state index contributed by atoms with van der Waals surface area (Å²) in [6.45, 7) is 1.26. The van der Waals surface area contributed by atoms with Crippen molar-refractivity contribution >= 4 is 46.1 Å². The number of amides is 3. The Balaban J connectivity index is 1.33. The van der Waals surface area contributed by atoms with Gasteiger partial charge in [0, 0.05) is 25.7 Å². The Labute approximate surface area is 201 Å². The van der Waals surface area contributed by atoms with Crippen LogP contribution in [-0.4, -0.2) is 47.8 Å². The monoisotopic (exact) mass is 463 g/mol. The molecule has 0 fully saturated rings. The van der Waals surface area contributed by atoms with Gasteiger partial charge in [0.25, 0.3) is 17.7 Å². The molecule has 2 aliphatic heterocycles. The van der Waals surface area contributed by atoms with Gasteiger partial charge in [-0.05, 0) is 55.0 Å². The number of carbonyl (C=O) groups is 3. The molecule has 3 amide bonds. The quantitative estimate of drug-likeness (QED) is 0.419. The van der Waals surface area contributed by atoms with Gasteiger partial charge in [-0.15, -0.1) is 0 Å². The Bertz CT molecular complexity index is 1480. The predicted molar refractivity (Wildman–Crippen MR) is 133 cm³/mol. The number of aromatic nitrogens is 2. The summed E-state index contributed by atoms with van der Waals surface area (Å²) in [4.78, 5) is 53.6. The number of hydrogen-bond donors (Lipinski definition) is 0. The van der Waals surface area contributed by atoms with Crippen LogP contribution in [0, 0.1) is 0 Å². The van der Waals surface area contributed by atoms with Gasteiger partial charge in [-0.2, -0.15) is 0 Å². The average molecular weight is 463 g/mol. The van der Waals surface area contributed by atoms with Crippen molar-refractivity contribution < 1.29 is 14.4 Å². The third kappa shape index (κ3) is 3.33. The fraction of sp³-hybridized carbons (Fsp3) is 0.148. The van der Waals surface area contributed by atoms with E-state index in [2.05, 4.69) is 0 Å². The van der Waals surface area contributed by atoms with Crippen LogP contribution in [0.25, 0.3) is 11.0 Å². The lowest BCUT2D eigenvalue weighted by molar-refractivity contribution is 0.0924. The van der Waals surface area contributed by atoms with Crippen LogP contribution in [0.4, 0.5) is 17.3 Å². The van der Waals surface area contributed by atoms with E-state index in [0.29, 0.717) is 40.6 Å². The Morgan fingerprint density at radius 2 is 1.31 bits per heavy atom. The summed E-state index contributed by atoms with van der Waals surface area (Å²) in [5.74, 6) is 0.253. The maximum absolute atomic E-state index is 13.6. The van der Waals surface area contributed by atoms with Crippen molar-refractivity contribution in [3.63, 3.8) is 0 Å². The van der Waals surface area contributed by atoms with Crippen LogP contribution in [-0.2, 0) is 0 Å². The summed E-state index contributed by atoms with van der Waals surface area (Å²) in [6, 6.07) is 20.9. The van der Waals surface area contributed by atoms with Crippen LogP contribution in [0.1, 0.15) is 37.5 Å². The molecule has 3 aromatic carbocycles. The molecule has 0 saturated carbocycles. The van der Waals surface area contributed by atoms with Gasteiger partial charge in [-0.1, -0.05) is 24.3 Å². The second-order valence-corrected chi connectivity index (χ2v) is 8.63. The van der Waals surface area contributed by atoms with Crippen molar-refractivity contribution in [3.05, 3.63) is 89.5 Å². The molecule has 8 heteroatoms. The molecule has 172 valence electrons. The van der Waals surface area contributed by atoms with Crippen molar-refractivity contribution in [1.29, 1.82) is 0 Å². The molecule has 0 spiro atoms. The first-order valence-corrected chi connectivity index (χ1v) is 11.4. The van der Waals surface area contributed by atoms with E-state index >= 15 is 0 Å². The van der Waals surface area contributed by atoms with E-state index in [-0.39, 0.29) is 17.7 Å². The van der Waals surface area contributed by atoms with E-state index in [1.165, 1.54) is 0 Å². The molecular formula is C27H21N5O3. The highest BCUT2D eigenvalue weighted by molar-refractivity contribution is 6.34. The number of benzene rings is 3. The van der Waals surface area contributed by atoms with Gasteiger partial charge in [0.2, 0.25) is 0 Å². The minimum absolute atomic E-state index is 0.208. The van der Waals surface area contributed by atoms with E-state index < -0.39 is 0 Å². The van der Waals surface area contributed by atoms with Gasteiger partial charge in [-0.3, -0.25) is 19.3 Å². The van der Waals surface area contributed by atoms with Crippen molar-refractivity contribution in [2.75, 3.05) is 34.8 Å². The standard InChI is InChI=1S/C27H21N5O3/c1-30-15-6-16-31(24-23(30)28-21-9-4-5-10-22(21)29-24)25(33)17-11-13-18(14-12-17)32-26(34)19-7-2-3-8-20(19)27(32)35/h2-5,7-14H,6,15-16H2,1H3. The minimum Gasteiger partial charge on any atom is -0.357 e. The third-order valence-corrected chi connectivity index (χ3v) is 6.44. The first-order valence-electron chi connectivity index (χ1n) is 11.4. The number of fused-ring (bicyclic) bond motifs is 3. The summed E-state index contributed by atoms with van der Waals surface area (Å²) in [6.07, 6.45) is 0.768. The number of carbonyl (C=O) groups excluding carboxylic acids is 3. The zero-order valence-corrected chi connectivity index (χ0v) is 19.0. The van der Waals surface area contributed by atoms with Crippen molar-refractivity contribution in [3.8, 4) is 0 Å². The first-order chi connectivity index (χ1) is 17.0. The van der Waals surface area contributed by atoms with Crippen LogP contribution in [0.5, 0.6) is 0 Å². The SMILES string of the molecule is CN1CCCN(C(=O)c2ccc(N3C(=O)c4ccccc4C3=O)cc2)c2nc3ccccc3nc21. The highest BCUT2D eigenvalue weighted by atomic mass is 16.2. The molecule has 0 bridgehead atoms. The number of anilines is 3. The van der Waals surface area contributed by atoms with Gasteiger partial charge < -0.3 is 4.90 Å². The number of para-hydroxylation sites is 2. The van der Waals surface area contributed by atoms with Crippen LogP contribution in [0.3, 0.4) is 0 Å². The zero-order chi connectivity index (χ0) is 24.1. The van der Waals surface area contributed by atoms with E-state index in [1.54, 1.807) is 53.4 Å². The molecule has 35 heavy (non-hydrogen) atoms. The topological polar surface area (TPSA) is 86.7 Å². The Kier molecular flexibility index (Phi) is 4.81. The summed E-state index contributed by atoms with van der Waals surface area (Å²) in [5.41, 5.74) is 3.13. The molecule has 0 saturated heterocycles. The molecule has 0 radical (unpaired) electrons. The lowest BCUT2D eigenvalue weighted by atomic mass is 10.1. The molecule has 0 unspecified atom stereocenters. The smallest absolute Gasteiger partial charge is 0.266 e. The molecular weight excluding hydrogens is 442 g/mol. The molecule has 2 aliphatic rings. The number of imide groups is 1. The van der Waals surface area contributed by atoms with Crippen molar-refractivity contribution in [2.45, 2.75) is 6.42 Å². The van der Waals surface area contributed by atoms with Gasteiger partial charge in [0.05, 0.1) is 27.8 Å². The predicted octanol–water partition coefficient (Wildman–Crippen LogP) is 3.92. The minimum atomic E-state index is -0.365. The Morgan fingerprint density at radius 3 is 1.94 bits per heavy atom. The van der Waals surface area contributed by atoms with Gasteiger partial charge in [0.1, 0.15) is 0 Å². The fourth-order valence-electron chi connectivity index (χ4n) is 4.63. The first kappa shape index (κ1) is 21.0. The van der Waals surface area contributed by atoms with Crippen LogP contribution in [0.2, 0.25) is 0 Å². The maximum Gasteiger partial charge on any atom is 0.266 e. The van der Waals surface area contributed by atoms with Gasteiger partial charge in [0.15, 0.2) is 11.6 Å². The lowest BCUT2D eigenvalue weighted by Crippen LogP contribution is -2.33. The van der Waals surface area contributed by atoms with E-state index in [1.807, 2.05) is 36.2 Å². The molecule has 3 heterocycles. The summed E-state index contributed by atoms with van der Waals surface area (Å²) in [7, 11) is 1.95. The third-order valence-electron chi connectivity index (χ3n) is 6.44. The normalized spacial score (nSPS) is 15.3. The number of rotatable bonds is 2. The molecule has 0 aliphatic carbocycles. The van der Waals surface area contributed by atoms with Crippen LogP contribution in [0.15, 0.2) is 72.8 Å². The summed E-state index contributed by atoms with van der Waals surface area (Å²) < 4.78 is 0. The van der Waals surface area contributed by atoms with E-state index in [4.69, 9.17) is 9.97 Å².